The van der Waals surface area contributed by atoms with Crippen LogP contribution < -0.4 is 5.32 Å². The zero-order chi connectivity index (χ0) is 22.1. The van der Waals surface area contributed by atoms with Crippen molar-refractivity contribution in [2.75, 3.05) is 11.1 Å². The van der Waals surface area contributed by atoms with Crippen LogP contribution >= 0.6 is 11.8 Å². The van der Waals surface area contributed by atoms with Gasteiger partial charge in [-0.05, 0) is 18.2 Å². The Hall–Kier alpha value is -4.04. The molecule has 8 heteroatoms. The molecule has 1 N–H and O–H groups in total. The zero-order valence-corrected chi connectivity index (χ0v) is 17.5. The van der Waals surface area contributed by atoms with E-state index >= 15 is 0 Å². The van der Waals surface area contributed by atoms with E-state index in [2.05, 4.69) is 15.5 Å². The molecule has 0 fully saturated rings. The highest BCUT2D eigenvalue weighted by atomic mass is 32.2. The van der Waals surface area contributed by atoms with Crippen LogP contribution in [0.1, 0.15) is 31.8 Å². The number of benzene rings is 3. The third-order valence-electron chi connectivity index (χ3n) is 5.11. The molecule has 3 aromatic carbocycles. The van der Waals surface area contributed by atoms with Crippen LogP contribution in [0, 0.1) is 0 Å². The third kappa shape index (κ3) is 3.50. The second-order valence-corrected chi connectivity index (χ2v) is 8.03. The number of para-hydroxylation sites is 1. The summed E-state index contributed by atoms with van der Waals surface area (Å²) in [6.45, 7) is 0. The van der Waals surface area contributed by atoms with E-state index in [0.717, 1.165) is 5.69 Å². The summed E-state index contributed by atoms with van der Waals surface area (Å²) in [5, 5.41) is 11.4. The maximum absolute atomic E-state index is 13.1. The molecule has 0 aliphatic heterocycles. The number of anilines is 1. The van der Waals surface area contributed by atoms with Crippen molar-refractivity contribution >= 4 is 34.9 Å². The standard InChI is InChI=1S/C24H16N4O3S/c29-20(13-32-24-27-25-14-28(24)15-7-2-1-3-8-15)26-19-12-6-11-18-21(19)23(31)17-10-5-4-9-16(17)22(18)30/h1-12,14H,13H2,(H,26,29). The van der Waals surface area contributed by atoms with Crippen molar-refractivity contribution in [3.8, 4) is 5.69 Å². The van der Waals surface area contributed by atoms with E-state index in [9.17, 15) is 14.4 Å². The molecule has 32 heavy (non-hydrogen) atoms. The summed E-state index contributed by atoms with van der Waals surface area (Å²) in [7, 11) is 0. The lowest BCUT2D eigenvalue weighted by Crippen LogP contribution is -2.24. The lowest BCUT2D eigenvalue weighted by atomic mass is 9.83. The van der Waals surface area contributed by atoms with Gasteiger partial charge in [-0.2, -0.15) is 0 Å². The van der Waals surface area contributed by atoms with E-state index in [4.69, 9.17) is 0 Å². The third-order valence-corrected chi connectivity index (χ3v) is 6.05. The van der Waals surface area contributed by atoms with Crippen molar-refractivity contribution in [2.45, 2.75) is 5.16 Å². The average Bonchev–Trinajstić information content (AvgIpc) is 3.30. The number of rotatable bonds is 5. The summed E-state index contributed by atoms with van der Waals surface area (Å²) in [6.07, 6.45) is 1.59. The summed E-state index contributed by atoms with van der Waals surface area (Å²) < 4.78 is 1.79. The first kappa shape index (κ1) is 19.9. The van der Waals surface area contributed by atoms with Crippen molar-refractivity contribution in [3.05, 3.63) is 101 Å². The number of ketones is 2. The predicted octanol–water partition coefficient (Wildman–Crippen LogP) is 3.77. The first-order chi connectivity index (χ1) is 15.6. The second kappa shape index (κ2) is 8.24. The Morgan fingerprint density at radius 1 is 0.844 bits per heavy atom. The maximum Gasteiger partial charge on any atom is 0.234 e. The summed E-state index contributed by atoms with van der Waals surface area (Å²) in [5.74, 6) is -0.752. The lowest BCUT2D eigenvalue weighted by molar-refractivity contribution is -0.113. The summed E-state index contributed by atoms with van der Waals surface area (Å²) >= 11 is 1.23. The van der Waals surface area contributed by atoms with Gasteiger partial charge in [-0.15, -0.1) is 10.2 Å². The molecule has 1 aliphatic carbocycles. The normalized spacial score (nSPS) is 12.2. The minimum absolute atomic E-state index is 0.0634. The molecule has 1 aliphatic rings. The van der Waals surface area contributed by atoms with E-state index < -0.39 is 0 Å². The van der Waals surface area contributed by atoms with Crippen LogP contribution in [0.15, 0.2) is 84.3 Å². The highest BCUT2D eigenvalue weighted by Gasteiger charge is 2.31. The van der Waals surface area contributed by atoms with Crippen LogP contribution in [0.3, 0.4) is 0 Å². The van der Waals surface area contributed by atoms with Gasteiger partial charge < -0.3 is 5.32 Å². The van der Waals surface area contributed by atoms with Crippen LogP contribution in [0.4, 0.5) is 5.69 Å². The Labute approximate surface area is 187 Å². The average molecular weight is 440 g/mol. The predicted molar refractivity (Wildman–Crippen MR) is 120 cm³/mol. The van der Waals surface area contributed by atoms with Crippen molar-refractivity contribution in [1.82, 2.24) is 14.8 Å². The van der Waals surface area contributed by atoms with Crippen LogP contribution in [0.2, 0.25) is 0 Å². The van der Waals surface area contributed by atoms with Crippen LogP contribution in [0.5, 0.6) is 0 Å². The minimum Gasteiger partial charge on any atom is -0.325 e. The van der Waals surface area contributed by atoms with Crippen molar-refractivity contribution in [3.63, 3.8) is 0 Å². The molecular weight excluding hydrogens is 424 g/mol. The fraction of sp³-hybridized carbons (Fsp3) is 0.0417. The number of thioether (sulfide) groups is 1. The number of amides is 1. The Bertz CT molecular complexity index is 1360. The van der Waals surface area contributed by atoms with Crippen molar-refractivity contribution in [1.29, 1.82) is 0 Å². The number of hydrogen-bond donors (Lipinski definition) is 1. The van der Waals surface area contributed by atoms with Crippen LogP contribution in [-0.2, 0) is 4.79 Å². The van der Waals surface area contributed by atoms with E-state index in [1.807, 2.05) is 30.3 Å². The second-order valence-electron chi connectivity index (χ2n) is 7.09. The molecular formula is C24H16N4O3S. The van der Waals surface area contributed by atoms with E-state index in [0.29, 0.717) is 27.5 Å². The first-order valence-corrected chi connectivity index (χ1v) is 10.8. The number of aromatic nitrogens is 3. The highest BCUT2D eigenvalue weighted by molar-refractivity contribution is 7.99. The van der Waals surface area contributed by atoms with Gasteiger partial charge in [0.1, 0.15) is 6.33 Å². The molecule has 1 heterocycles. The molecule has 7 nitrogen and oxygen atoms in total. The number of nitrogens with zero attached hydrogens (tertiary/aromatic N) is 3. The fourth-order valence-electron chi connectivity index (χ4n) is 3.65. The van der Waals surface area contributed by atoms with Crippen molar-refractivity contribution in [2.24, 2.45) is 0 Å². The summed E-state index contributed by atoms with van der Waals surface area (Å²) in [4.78, 5) is 38.6. The molecule has 0 spiro atoms. The lowest BCUT2D eigenvalue weighted by Gasteiger charge is -2.20. The van der Waals surface area contributed by atoms with Gasteiger partial charge in [-0.1, -0.05) is 66.4 Å². The van der Waals surface area contributed by atoms with Gasteiger partial charge in [0.25, 0.3) is 0 Å². The highest BCUT2D eigenvalue weighted by Crippen LogP contribution is 2.32. The quantitative estimate of drug-likeness (QED) is 0.418. The van der Waals surface area contributed by atoms with Gasteiger partial charge in [0.2, 0.25) is 5.91 Å². The molecule has 0 saturated heterocycles. The van der Waals surface area contributed by atoms with E-state index in [1.165, 1.54) is 11.8 Å². The molecule has 0 unspecified atom stereocenters. The number of fused-ring (bicyclic) bond motifs is 2. The van der Waals surface area contributed by atoms with Gasteiger partial charge >= 0.3 is 0 Å². The number of carbonyl (C=O) groups is 3. The Kier molecular flexibility index (Phi) is 5.12. The number of carbonyl (C=O) groups excluding carboxylic acids is 3. The van der Waals surface area contributed by atoms with Gasteiger partial charge in [0.05, 0.1) is 17.0 Å². The largest absolute Gasteiger partial charge is 0.325 e. The SMILES string of the molecule is O=C(CSc1nncn1-c1ccccc1)Nc1cccc2c1C(=O)c1ccccc1C2=O. The topological polar surface area (TPSA) is 93.9 Å². The van der Waals surface area contributed by atoms with Gasteiger partial charge in [0.15, 0.2) is 16.7 Å². The summed E-state index contributed by atoms with van der Waals surface area (Å²) in [5.41, 5.74) is 2.46. The Morgan fingerprint density at radius 3 is 2.31 bits per heavy atom. The van der Waals surface area contributed by atoms with Crippen LogP contribution in [-0.4, -0.2) is 38.0 Å². The molecule has 1 amide bonds. The molecule has 0 bridgehead atoms. The van der Waals surface area contributed by atoms with E-state index in [1.54, 1.807) is 53.4 Å². The Balaban J connectivity index is 1.36. The van der Waals surface area contributed by atoms with E-state index in [-0.39, 0.29) is 28.8 Å². The molecule has 5 rings (SSSR count). The van der Waals surface area contributed by atoms with Gasteiger partial charge in [-0.3, -0.25) is 19.0 Å². The van der Waals surface area contributed by atoms with Crippen LogP contribution in [0.25, 0.3) is 5.69 Å². The molecule has 0 radical (unpaired) electrons. The molecule has 4 aromatic rings. The Morgan fingerprint density at radius 2 is 1.53 bits per heavy atom. The molecule has 156 valence electrons. The monoisotopic (exact) mass is 440 g/mol. The minimum atomic E-state index is -0.315. The smallest absolute Gasteiger partial charge is 0.234 e. The number of hydrogen-bond acceptors (Lipinski definition) is 6. The first-order valence-electron chi connectivity index (χ1n) is 9.83. The number of nitrogens with one attached hydrogen (secondary N) is 1. The molecule has 0 atom stereocenters. The maximum atomic E-state index is 13.1. The molecule has 0 saturated carbocycles. The van der Waals surface area contributed by atoms with Crippen molar-refractivity contribution < 1.29 is 14.4 Å². The fourth-order valence-corrected chi connectivity index (χ4v) is 4.38. The zero-order valence-electron chi connectivity index (χ0n) is 16.7. The van der Waals surface area contributed by atoms with Gasteiger partial charge in [-0.25, -0.2) is 0 Å². The summed E-state index contributed by atoms with van der Waals surface area (Å²) in [6, 6.07) is 21.2. The molecule has 1 aromatic heterocycles. The van der Waals surface area contributed by atoms with Gasteiger partial charge in [0, 0.05) is 22.4 Å².